The third-order valence-corrected chi connectivity index (χ3v) is 5.40. The van der Waals surface area contributed by atoms with E-state index in [-0.39, 0.29) is 11.5 Å². The number of aromatic nitrogens is 3. The van der Waals surface area contributed by atoms with Crippen molar-refractivity contribution in [1.82, 2.24) is 25.6 Å². The van der Waals surface area contributed by atoms with Crippen LogP contribution in [0.25, 0.3) is 5.69 Å². The van der Waals surface area contributed by atoms with Gasteiger partial charge in [-0.1, -0.05) is 30.0 Å². The lowest BCUT2D eigenvalue weighted by Crippen LogP contribution is -2.47. The molecule has 2 aromatic carbocycles. The molecule has 1 atom stereocenters. The summed E-state index contributed by atoms with van der Waals surface area (Å²) in [5.41, 5.74) is 7.78. The topological polar surface area (TPSA) is 98.1 Å². The predicted molar refractivity (Wildman–Crippen MR) is 114 cm³/mol. The average Bonchev–Trinajstić information content (AvgIpc) is 3.22. The number of nitrogens with zero attached hydrogens (tertiary/aromatic N) is 3. The normalized spacial score (nSPS) is 11.6. The van der Waals surface area contributed by atoms with E-state index >= 15 is 0 Å². The maximum absolute atomic E-state index is 13.6. The minimum Gasteiger partial charge on any atom is -0.478 e. The summed E-state index contributed by atoms with van der Waals surface area (Å²) < 4.78 is 20.7. The van der Waals surface area contributed by atoms with Crippen LogP contribution in [0.3, 0.4) is 0 Å². The molecule has 0 bridgehead atoms. The Hall–Kier alpha value is -3.40. The van der Waals surface area contributed by atoms with Gasteiger partial charge in [0, 0.05) is 5.69 Å². The molecule has 2 amide bonds. The predicted octanol–water partition coefficient (Wildman–Crippen LogP) is 2.73. The lowest BCUT2D eigenvalue weighted by atomic mass is 10.1. The van der Waals surface area contributed by atoms with E-state index in [2.05, 4.69) is 21.0 Å². The van der Waals surface area contributed by atoms with E-state index in [1.807, 2.05) is 32.0 Å². The van der Waals surface area contributed by atoms with Gasteiger partial charge in [0.1, 0.15) is 6.33 Å². The molecule has 1 aromatic heterocycles. The molecule has 0 spiro atoms. The maximum Gasteiger partial charge on any atom is 0.279 e. The Labute approximate surface area is 183 Å². The minimum absolute atomic E-state index is 0.00632. The number of hydrazine groups is 1. The molecule has 1 heterocycles. The number of halogens is 1. The monoisotopic (exact) mass is 443 g/mol. The quantitative estimate of drug-likeness (QED) is 0.430. The van der Waals surface area contributed by atoms with Crippen molar-refractivity contribution in [2.45, 2.75) is 32.0 Å². The number of rotatable bonds is 7. The number of amides is 2. The molecule has 0 fully saturated rings. The Morgan fingerprint density at radius 2 is 1.94 bits per heavy atom. The van der Waals surface area contributed by atoms with E-state index in [0.717, 1.165) is 11.3 Å². The molecular weight excluding hydrogens is 421 g/mol. The fourth-order valence-electron chi connectivity index (χ4n) is 2.56. The summed E-state index contributed by atoms with van der Waals surface area (Å²) in [6.45, 7) is 5.50. The smallest absolute Gasteiger partial charge is 0.279 e. The molecule has 3 rings (SSSR count). The molecular formula is C21H22FN5O3S. The van der Waals surface area contributed by atoms with E-state index in [1.165, 1.54) is 42.4 Å². The van der Waals surface area contributed by atoms with Crippen molar-refractivity contribution in [2.24, 2.45) is 0 Å². The average molecular weight is 444 g/mol. The zero-order valence-electron chi connectivity index (χ0n) is 17.3. The van der Waals surface area contributed by atoms with Gasteiger partial charge >= 0.3 is 0 Å². The Morgan fingerprint density at radius 1 is 1.16 bits per heavy atom. The van der Waals surface area contributed by atoms with Gasteiger partial charge in [0.15, 0.2) is 22.8 Å². The standard InChI is InChI=1S/C21H22FN5O3S/c1-13-8-9-16(10-14(13)2)27-12-23-26-21(27)31-11-19(28)24-25-20(29)15(3)30-18-7-5-4-6-17(18)22/h4-10,12,15H,11H2,1-3H3,(H,24,28)(H,25,29). The second-order valence-corrected chi connectivity index (χ2v) is 7.71. The fraction of sp³-hybridized carbons (Fsp3) is 0.238. The van der Waals surface area contributed by atoms with E-state index in [0.29, 0.717) is 5.16 Å². The van der Waals surface area contributed by atoms with Gasteiger partial charge in [-0.25, -0.2) is 4.39 Å². The molecule has 31 heavy (non-hydrogen) atoms. The van der Waals surface area contributed by atoms with E-state index < -0.39 is 23.7 Å². The highest BCUT2D eigenvalue weighted by Gasteiger charge is 2.17. The largest absolute Gasteiger partial charge is 0.478 e. The van der Waals surface area contributed by atoms with Gasteiger partial charge in [-0.15, -0.1) is 10.2 Å². The Balaban J connectivity index is 1.50. The molecule has 2 N–H and O–H groups in total. The first-order valence-corrected chi connectivity index (χ1v) is 10.4. The Bertz CT molecular complexity index is 1090. The molecule has 0 aliphatic heterocycles. The number of hydrogen-bond acceptors (Lipinski definition) is 6. The molecule has 3 aromatic rings. The zero-order valence-corrected chi connectivity index (χ0v) is 18.1. The van der Waals surface area contributed by atoms with Crippen molar-refractivity contribution in [3.8, 4) is 11.4 Å². The third-order valence-electron chi connectivity index (χ3n) is 4.45. The van der Waals surface area contributed by atoms with Crippen molar-refractivity contribution in [3.05, 3.63) is 65.7 Å². The van der Waals surface area contributed by atoms with Crippen molar-refractivity contribution in [2.75, 3.05) is 5.75 Å². The number of nitrogens with one attached hydrogen (secondary N) is 2. The summed E-state index contributed by atoms with van der Waals surface area (Å²) >= 11 is 1.18. The summed E-state index contributed by atoms with van der Waals surface area (Å²) in [6, 6.07) is 11.7. The third kappa shape index (κ3) is 5.82. The van der Waals surface area contributed by atoms with Crippen LogP contribution in [-0.2, 0) is 9.59 Å². The number of aryl methyl sites for hydroxylation is 2. The number of hydrogen-bond donors (Lipinski definition) is 2. The van der Waals surface area contributed by atoms with Crippen LogP contribution < -0.4 is 15.6 Å². The van der Waals surface area contributed by atoms with Crippen LogP contribution in [0.15, 0.2) is 53.9 Å². The molecule has 0 aliphatic carbocycles. The van der Waals surface area contributed by atoms with Gasteiger partial charge in [0.2, 0.25) is 5.91 Å². The second kappa shape index (κ2) is 10.1. The van der Waals surface area contributed by atoms with Gasteiger partial charge in [0.05, 0.1) is 5.75 Å². The number of thioether (sulfide) groups is 1. The van der Waals surface area contributed by atoms with Crippen molar-refractivity contribution >= 4 is 23.6 Å². The summed E-state index contributed by atoms with van der Waals surface area (Å²) in [5.74, 6) is -1.66. The molecule has 162 valence electrons. The summed E-state index contributed by atoms with van der Waals surface area (Å²) in [6.07, 6.45) is 0.575. The number of ether oxygens (including phenoxy) is 1. The number of carbonyl (C=O) groups is 2. The molecule has 0 aliphatic rings. The van der Waals surface area contributed by atoms with Crippen LogP contribution in [0.5, 0.6) is 5.75 Å². The van der Waals surface area contributed by atoms with E-state index in [4.69, 9.17) is 4.74 Å². The first-order valence-electron chi connectivity index (χ1n) is 9.45. The molecule has 1 unspecified atom stereocenters. The lowest BCUT2D eigenvalue weighted by Gasteiger charge is -2.15. The Morgan fingerprint density at radius 3 is 2.68 bits per heavy atom. The van der Waals surface area contributed by atoms with Crippen molar-refractivity contribution < 1.29 is 18.7 Å². The lowest BCUT2D eigenvalue weighted by molar-refractivity contribution is -0.132. The Kier molecular flexibility index (Phi) is 7.24. The molecule has 8 nitrogen and oxygen atoms in total. The summed E-state index contributed by atoms with van der Waals surface area (Å²) in [5, 5.41) is 8.51. The van der Waals surface area contributed by atoms with Gasteiger partial charge < -0.3 is 4.74 Å². The number of carbonyl (C=O) groups excluding carboxylic acids is 2. The van der Waals surface area contributed by atoms with E-state index in [9.17, 15) is 14.0 Å². The SMILES string of the molecule is Cc1ccc(-n2cnnc2SCC(=O)NNC(=O)C(C)Oc2ccccc2F)cc1C. The molecule has 10 heteroatoms. The van der Waals surface area contributed by atoms with Gasteiger partial charge in [-0.3, -0.25) is 25.0 Å². The van der Waals surface area contributed by atoms with Gasteiger partial charge in [0.25, 0.3) is 5.91 Å². The highest BCUT2D eigenvalue weighted by Crippen LogP contribution is 2.21. The molecule has 0 radical (unpaired) electrons. The van der Waals surface area contributed by atoms with Crippen LogP contribution in [0.4, 0.5) is 4.39 Å². The fourth-order valence-corrected chi connectivity index (χ4v) is 3.29. The number of para-hydroxylation sites is 1. The van der Waals surface area contributed by atoms with Crippen LogP contribution in [-0.4, -0.2) is 38.4 Å². The zero-order chi connectivity index (χ0) is 22.4. The van der Waals surface area contributed by atoms with Gasteiger partial charge in [-0.05, 0) is 56.2 Å². The second-order valence-electron chi connectivity index (χ2n) is 6.77. The van der Waals surface area contributed by atoms with Gasteiger partial charge in [-0.2, -0.15) is 0 Å². The molecule has 0 saturated carbocycles. The first-order chi connectivity index (χ1) is 14.8. The molecule has 0 saturated heterocycles. The minimum atomic E-state index is -1.00. The highest BCUT2D eigenvalue weighted by molar-refractivity contribution is 7.99. The van der Waals surface area contributed by atoms with Crippen LogP contribution in [0.1, 0.15) is 18.1 Å². The van der Waals surface area contributed by atoms with Crippen LogP contribution in [0.2, 0.25) is 0 Å². The van der Waals surface area contributed by atoms with Crippen molar-refractivity contribution in [3.63, 3.8) is 0 Å². The summed E-state index contributed by atoms with van der Waals surface area (Å²) in [7, 11) is 0. The summed E-state index contributed by atoms with van der Waals surface area (Å²) in [4.78, 5) is 24.2. The van der Waals surface area contributed by atoms with Crippen molar-refractivity contribution in [1.29, 1.82) is 0 Å². The highest BCUT2D eigenvalue weighted by atomic mass is 32.2. The van der Waals surface area contributed by atoms with E-state index in [1.54, 1.807) is 17.0 Å². The maximum atomic E-state index is 13.6. The van der Waals surface area contributed by atoms with Crippen LogP contribution >= 0.6 is 11.8 Å². The first kappa shape index (κ1) is 22.3. The number of benzene rings is 2. The van der Waals surface area contributed by atoms with Crippen LogP contribution in [0, 0.1) is 19.7 Å².